The highest BCUT2D eigenvalue weighted by Gasteiger charge is 2.32. The Hall–Kier alpha value is -3.50. The second-order valence-corrected chi connectivity index (χ2v) is 9.60. The van der Waals surface area contributed by atoms with Crippen LogP contribution in [0.5, 0.6) is 0 Å². The van der Waals surface area contributed by atoms with E-state index >= 15 is 0 Å². The zero-order valence-electron chi connectivity index (χ0n) is 18.4. The minimum atomic E-state index is -4.54. The fraction of sp³-hybridized carbons (Fsp3) is 0.167. The van der Waals surface area contributed by atoms with Gasteiger partial charge in [0.15, 0.2) is 0 Å². The fourth-order valence-electron chi connectivity index (χ4n) is 3.09. The maximum Gasteiger partial charge on any atom is 0.417 e. The third-order valence-electron chi connectivity index (χ3n) is 4.99. The molecule has 0 spiro atoms. The van der Waals surface area contributed by atoms with Gasteiger partial charge in [0, 0.05) is 24.7 Å². The van der Waals surface area contributed by atoms with Crippen molar-refractivity contribution >= 4 is 22.1 Å². The highest BCUT2D eigenvalue weighted by atomic mass is 32.2. The number of hydrogen-bond donors (Lipinski definition) is 1. The van der Waals surface area contributed by atoms with E-state index in [-0.39, 0.29) is 22.6 Å². The van der Waals surface area contributed by atoms with E-state index in [9.17, 15) is 26.4 Å². The van der Waals surface area contributed by atoms with Gasteiger partial charge in [-0.25, -0.2) is 13.8 Å². The first-order valence-electron chi connectivity index (χ1n) is 10.1. The molecule has 3 aromatic carbocycles. The summed E-state index contributed by atoms with van der Waals surface area (Å²) in [5, 5.41) is 3.62. The number of benzene rings is 3. The number of rotatable bonds is 7. The summed E-state index contributed by atoms with van der Waals surface area (Å²) in [6.45, 7) is 1.95. The minimum Gasteiger partial charge on any atom is -0.267 e. The van der Waals surface area contributed by atoms with Crippen LogP contribution in [0.25, 0.3) is 0 Å². The van der Waals surface area contributed by atoms with Crippen molar-refractivity contribution in [1.29, 1.82) is 0 Å². The standard InChI is InChI=1S/C24H22F3N3O3S/c1-17-7-13-21(14-8-17)34(32,33)30(2)16-18-9-11-19(12-10-18)23(31)29-28-15-20-5-3-4-6-22(20)24(25,26)27/h3-15H,16H2,1-2H3,(H,29,31)/b28-15+. The molecule has 10 heteroatoms. The Balaban J connectivity index is 1.64. The largest absolute Gasteiger partial charge is 0.417 e. The van der Waals surface area contributed by atoms with Gasteiger partial charge in [-0.15, -0.1) is 0 Å². The summed E-state index contributed by atoms with van der Waals surface area (Å²) >= 11 is 0. The Bertz CT molecular complexity index is 1290. The molecule has 3 rings (SSSR count). The van der Waals surface area contributed by atoms with E-state index in [0.29, 0.717) is 5.56 Å². The minimum absolute atomic E-state index is 0.0878. The number of carbonyl (C=O) groups excluding carboxylic acids is 1. The predicted octanol–water partition coefficient (Wildman–Crippen LogP) is 4.60. The molecule has 3 aromatic rings. The van der Waals surface area contributed by atoms with Crippen LogP contribution >= 0.6 is 0 Å². The lowest BCUT2D eigenvalue weighted by Gasteiger charge is -2.17. The van der Waals surface area contributed by atoms with Crippen molar-refractivity contribution in [2.75, 3.05) is 7.05 Å². The summed E-state index contributed by atoms with van der Waals surface area (Å²) in [4.78, 5) is 12.5. The van der Waals surface area contributed by atoms with Gasteiger partial charge in [-0.05, 0) is 42.8 Å². The molecule has 0 saturated carbocycles. The van der Waals surface area contributed by atoms with Crippen LogP contribution in [0.2, 0.25) is 0 Å². The second-order valence-electron chi connectivity index (χ2n) is 7.56. The monoisotopic (exact) mass is 489 g/mol. The van der Waals surface area contributed by atoms with Crippen LogP contribution in [-0.2, 0) is 22.7 Å². The van der Waals surface area contributed by atoms with Crippen LogP contribution in [0.1, 0.15) is 32.6 Å². The summed E-state index contributed by atoms with van der Waals surface area (Å²) < 4.78 is 65.7. The number of hydrazone groups is 1. The Labute approximate surface area is 195 Å². The number of halogens is 3. The molecule has 0 radical (unpaired) electrons. The molecule has 0 aliphatic rings. The predicted molar refractivity (Wildman–Crippen MR) is 123 cm³/mol. The Morgan fingerprint density at radius 3 is 2.24 bits per heavy atom. The summed E-state index contributed by atoms with van der Waals surface area (Å²) in [6.07, 6.45) is -3.61. The molecule has 1 N–H and O–H groups in total. The SMILES string of the molecule is Cc1ccc(S(=O)(=O)N(C)Cc2ccc(C(=O)N/N=C/c3ccccc3C(F)(F)F)cc2)cc1. The van der Waals surface area contributed by atoms with Crippen molar-refractivity contribution in [2.24, 2.45) is 5.10 Å². The highest BCUT2D eigenvalue weighted by Crippen LogP contribution is 2.31. The molecular formula is C24H22F3N3O3S. The first kappa shape index (κ1) is 25.1. The number of nitrogens with one attached hydrogen (secondary N) is 1. The van der Waals surface area contributed by atoms with E-state index in [2.05, 4.69) is 10.5 Å². The molecule has 0 aliphatic heterocycles. The number of nitrogens with zero attached hydrogens (tertiary/aromatic N) is 2. The van der Waals surface area contributed by atoms with E-state index in [1.54, 1.807) is 36.4 Å². The van der Waals surface area contributed by atoms with Gasteiger partial charge in [0.05, 0.1) is 16.7 Å². The molecule has 178 valence electrons. The number of amides is 1. The van der Waals surface area contributed by atoms with Gasteiger partial charge in [-0.2, -0.15) is 22.6 Å². The van der Waals surface area contributed by atoms with E-state index in [1.165, 1.54) is 41.7 Å². The van der Waals surface area contributed by atoms with Gasteiger partial charge in [0.1, 0.15) is 0 Å². The van der Waals surface area contributed by atoms with Gasteiger partial charge in [0.2, 0.25) is 10.0 Å². The molecule has 0 fully saturated rings. The normalized spacial score (nSPS) is 12.3. The van der Waals surface area contributed by atoms with Crippen LogP contribution in [0, 0.1) is 6.92 Å². The summed E-state index contributed by atoms with van der Waals surface area (Å²) in [5.74, 6) is -0.618. The summed E-state index contributed by atoms with van der Waals surface area (Å²) in [7, 11) is -2.22. The topological polar surface area (TPSA) is 78.8 Å². The van der Waals surface area contributed by atoms with E-state index in [0.717, 1.165) is 17.8 Å². The number of sulfonamides is 1. The lowest BCUT2D eigenvalue weighted by atomic mass is 10.1. The maximum absolute atomic E-state index is 13.0. The summed E-state index contributed by atoms with van der Waals surface area (Å²) in [5.41, 5.74) is 2.97. The van der Waals surface area contributed by atoms with Crippen LogP contribution < -0.4 is 5.43 Å². The van der Waals surface area contributed by atoms with Gasteiger partial charge in [0.25, 0.3) is 5.91 Å². The third kappa shape index (κ3) is 6.09. The molecule has 0 atom stereocenters. The Morgan fingerprint density at radius 2 is 1.62 bits per heavy atom. The highest BCUT2D eigenvalue weighted by molar-refractivity contribution is 7.89. The quantitative estimate of drug-likeness (QED) is 0.389. The van der Waals surface area contributed by atoms with Crippen molar-refractivity contribution in [2.45, 2.75) is 24.5 Å². The molecule has 0 aliphatic carbocycles. The fourth-order valence-corrected chi connectivity index (χ4v) is 4.25. The van der Waals surface area contributed by atoms with Crippen LogP contribution in [0.3, 0.4) is 0 Å². The molecule has 0 aromatic heterocycles. The van der Waals surface area contributed by atoms with Crippen molar-refractivity contribution in [1.82, 2.24) is 9.73 Å². The maximum atomic E-state index is 13.0. The molecule has 0 unspecified atom stereocenters. The van der Waals surface area contributed by atoms with E-state index in [1.807, 2.05) is 6.92 Å². The van der Waals surface area contributed by atoms with Crippen LogP contribution in [0.15, 0.2) is 82.8 Å². The second kappa shape index (κ2) is 10.2. The number of alkyl halides is 3. The van der Waals surface area contributed by atoms with E-state index in [4.69, 9.17) is 0 Å². The lowest BCUT2D eigenvalue weighted by molar-refractivity contribution is -0.137. The molecule has 1 amide bonds. The number of aryl methyl sites for hydroxylation is 1. The zero-order chi connectivity index (χ0) is 24.9. The van der Waals surface area contributed by atoms with E-state index < -0.39 is 27.7 Å². The van der Waals surface area contributed by atoms with Crippen LogP contribution in [0.4, 0.5) is 13.2 Å². The number of hydrogen-bond acceptors (Lipinski definition) is 4. The van der Waals surface area contributed by atoms with Gasteiger partial charge < -0.3 is 0 Å². The average molecular weight is 490 g/mol. The smallest absolute Gasteiger partial charge is 0.267 e. The van der Waals surface area contributed by atoms with Crippen molar-refractivity contribution < 1.29 is 26.4 Å². The Morgan fingerprint density at radius 1 is 1.00 bits per heavy atom. The van der Waals surface area contributed by atoms with Crippen molar-refractivity contribution in [3.05, 3.63) is 101 Å². The van der Waals surface area contributed by atoms with Gasteiger partial charge in [-0.3, -0.25) is 4.79 Å². The summed E-state index contributed by atoms with van der Waals surface area (Å²) in [6, 6.07) is 17.6. The van der Waals surface area contributed by atoms with Gasteiger partial charge in [-0.1, -0.05) is 48.0 Å². The Kier molecular flexibility index (Phi) is 7.53. The van der Waals surface area contributed by atoms with Gasteiger partial charge >= 0.3 is 6.18 Å². The van der Waals surface area contributed by atoms with Crippen molar-refractivity contribution in [3.8, 4) is 0 Å². The third-order valence-corrected chi connectivity index (χ3v) is 6.80. The first-order chi connectivity index (χ1) is 16.0. The average Bonchev–Trinajstić information content (AvgIpc) is 2.79. The molecule has 0 heterocycles. The first-order valence-corrected chi connectivity index (χ1v) is 11.5. The van der Waals surface area contributed by atoms with Crippen LogP contribution in [-0.4, -0.2) is 31.9 Å². The zero-order valence-corrected chi connectivity index (χ0v) is 19.2. The molecular weight excluding hydrogens is 467 g/mol. The molecule has 0 saturated heterocycles. The molecule has 0 bridgehead atoms. The molecule has 6 nitrogen and oxygen atoms in total. The lowest BCUT2D eigenvalue weighted by Crippen LogP contribution is -2.26. The van der Waals surface area contributed by atoms with Crippen molar-refractivity contribution in [3.63, 3.8) is 0 Å². The number of carbonyl (C=O) groups is 1. The molecule has 34 heavy (non-hydrogen) atoms.